The van der Waals surface area contributed by atoms with Crippen LogP contribution in [0.3, 0.4) is 0 Å². The van der Waals surface area contributed by atoms with E-state index in [4.69, 9.17) is 10.5 Å². The minimum absolute atomic E-state index is 0.0730. The molecular formula is C10H12FNO3. The number of esters is 1. The van der Waals surface area contributed by atoms with Gasteiger partial charge in [-0.05, 0) is 11.6 Å². The smallest absolute Gasteiger partial charge is 0.310 e. The van der Waals surface area contributed by atoms with E-state index in [0.717, 1.165) is 6.07 Å². The van der Waals surface area contributed by atoms with Crippen LogP contribution >= 0.6 is 0 Å². The Morgan fingerprint density at radius 2 is 2.13 bits per heavy atom. The van der Waals surface area contributed by atoms with E-state index in [0.29, 0.717) is 5.56 Å². The lowest BCUT2D eigenvalue weighted by Gasteiger charge is -2.09. The number of carbonyl (C=O) groups is 1. The zero-order chi connectivity index (χ0) is 11.4. The minimum Gasteiger partial charge on any atom is -0.494 e. The van der Waals surface area contributed by atoms with E-state index in [1.807, 2.05) is 0 Å². The molecule has 0 aliphatic carbocycles. The van der Waals surface area contributed by atoms with Crippen LogP contribution in [0.1, 0.15) is 5.56 Å². The minimum atomic E-state index is -0.500. The third kappa shape index (κ3) is 2.59. The zero-order valence-electron chi connectivity index (χ0n) is 8.54. The lowest BCUT2D eigenvalue weighted by molar-refractivity contribution is -0.139. The van der Waals surface area contributed by atoms with Crippen LogP contribution < -0.4 is 10.5 Å². The Hall–Kier alpha value is -1.78. The number of methoxy groups -OCH3 is 2. The van der Waals surface area contributed by atoms with Crippen molar-refractivity contribution in [1.82, 2.24) is 0 Å². The molecule has 0 aromatic heterocycles. The maximum absolute atomic E-state index is 13.1. The van der Waals surface area contributed by atoms with Gasteiger partial charge in [0.2, 0.25) is 0 Å². The fourth-order valence-electron chi connectivity index (χ4n) is 1.19. The molecule has 0 heterocycles. The van der Waals surface area contributed by atoms with Crippen LogP contribution in [-0.4, -0.2) is 20.2 Å². The summed E-state index contributed by atoms with van der Waals surface area (Å²) in [6.07, 6.45) is -0.0730. The predicted octanol–water partition coefficient (Wildman–Crippen LogP) is 1.13. The lowest BCUT2D eigenvalue weighted by Crippen LogP contribution is -2.08. The van der Waals surface area contributed by atoms with Crippen LogP contribution in [0.4, 0.5) is 10.1 Å². The first-order chi connectivity index (χ1) is 7.08. The second-order valence-corrected chi connectivity index (χ2v) is 2.93. The first kappa shape index (κ1) is 11.3. The second-order valence-electron chi connectivity index (χ2n) is 2.93. The molecule has 0 aliphatic heterocycles. The molecule has 4 nitrogen and oxygen atoms in total. The Balaban J connectivity index is 3.06. The van der Waals surface area contributed by atoms with Crippen LogP contribution in [0.25, 0.3) is 0 Å². The molecule has 0 aliphatic rings. The summed E-state index contributed by atoms with van der Waals surface area (Å²) >= 11 is 0. The number of hydrogen-bond donors (Lipinski definition) is 1. The van der Waals surface area contributed by atoms with Gasteiger partial charge in [0.05, 0.1) is 26.3 Å². The SMILES string of the molecule is COC(=O)Cc1cc(F)cc(OC)c1N. The average Bonchev–Trinajstić information content (AvgIpc) is 2.22. The molecule has 0 atom stereocenters. The number of halogens is 1. The molecule has 1 rings (SSSR count). The standard InChI is InChI=1S/C10H12FNO3/c1-14-8-5-7(11)3-6(10(8)12)4-9(13)15-2/h3,5H,4,12H2,1-2H3. The number of benzene rings is 1. The fraction of sp³-hybridized carbons (Fsp3) is 0.300. The number of nitrogen functional groups attached to an aromatic ring is 1. The summed E-state index contributed by atoms with van der Waals surface area (Å²) in [7, 11) is 2.64. The van der Waals surface area contributed by atoms with Gasteiger partial charge in [0, 0.05) is 6.07 Å². The molecule has 0 spiro atoms. The number of anilines is 1. The van der Waals surface area contributed by atoms with Gasteiger partial charge in [0.25, 0.3) is 0 Å². The van der Waals surface area contributed by atoms with Crippen molar-refractivity contribution in [3.63, 3.8) is 0 Å². The van der Waals surface area contributed by atoms with Crippen molar-refractivity contribution in [2.24, 2.45) is 0 Å². The summed E-state index contributed by atoms with van der Waals surface area (Å²) in [6, 6.07) is 2.35. The maximum atomic E-state index is 13.1. The Kier molecular flexibility index (Phi) is 3.49. The summed E-state index contributed by atoms with van der Waals surface area (Å²) in [4.78, 5) is 11.0. The quantitative estimate of drug-likeness (QED) is 0.604. The van der Waals surface area contributed by atoms with Gasteiger partial charge in [-0.1, -0.05) is 0 Å². The van der Waals surface area contributed by atoms with E-state index >= 15 is 0 Å². The lowest BCUT2D eigenvalue weighted by atomic mass is 10.1. The van der Waals surface area contributed by atoms with Gasteiger partial charge in [0.1, 0.15) is 11.6 Å². The highest BCUT2D eigenvalue weighted by Gasteiger charge is 2.12. The summed E-state index contributed by atoms with van der Waals surface area (Å²) in [6.45, 7) is 0. The van der Waals surface area contributed by atoms with Gasteiger partial charge in [-0.3, -0.25) is 4.79 Å². The van der Waals surface area contributed by atoms with Crippen LogP contribution in [-0.2, 0) is 16.0 Å². The molecule has 0 bridgehead atoms. The number of ether oxygens (including phenoxy) is 2. The van der Waals surface area contributed by atoms with E-state index in [1.165, 1.54) is 20.3 Å². The molecular weight excluding hydrogens is 201 g/mol. The molecule has 2 N–H and O–H groups in total. The Bertz CT molecular complexity index is 379. The molecule has 0 saturated carbocycles. The van der Waals surface area contributed by atoms with E-state index in [2.05, 4.69) is 4.74 Å². The summed E-state index contributed by atoms with van der Waals surface area (Å²) in [5, 5.41) is 0. The third-order valence-electron chi connectivity index (χ3n) is 1.97. The summed E-state index contributed by atoms with van der Waals surface area (Å²) < 4.78 is 22.4. The Labute approximate surface area is 86.8 Å². The molecule has 1 aromatic carbocycles. The number of hydrogen-bond acceptors (Lipinski definition) is 4. The molecule has 1 aromatic rings. The highest BCUT2D eigenvalue weighted by atomic mass is 19.1. The molecule has 0 amide bonds. The molecule has 15 heavy (non-hydrogen) atoms. The third-order valence-corrected chi connectivity index (χ3v) is 1.97. The van der Waals surface area contributed by atoms with E-state index in [9.17, 15) is 9.18 Å². The molecule has 5 heteroatoms. The normalized spacial score (nSPS) is 9.80. The van der Waals surface area contributed by atoms with Gasteiger partial charge in [-0.15, -0.1) is 0 Å². The topological polar surface area (TPSA) is 61.5 Å². The largest absolute Gasteiger partial charge is 0.494 e. The van der Waals surface area contributed by atoms with E-state index in [-0.39, 0.29) is 17.9 Å². The van der Waals surface area contributed by atoms with Gasteiger partial charge in [-0.2, -0.15) is 0 Å². The molecule has 0 fully saturated rings. The van der Waals surface area contributed by atoms with Crippen molar-refractivity contribution in [1.29, 1.82) is 0 Å². The van der Waals surface area contributed by atoms with Crippen molar-refractivity contribution in [2.45, 2.75) is 6.42 Å². The van der Waals surface area contributed by atoms with Gasteiger partial charge < -0.3 is 15.2 Å². The maximum Gasteiger partial charge on any atom is 0.310 e. The van der Waals surface area contributed by atoms with Crippen LogP contribution in [0.5, 0.6) is 5.75 Å². The van der Waals surface area contributed by atoms with Crippen LogP contribution in [0.15, 0.2) is 12.1 Å². The second kappa shape index (κ2) is 4.63. The van der Waals surface area contributed by atoms with Gasteiger partial charge in [-0.25, -0.2) is 4.39 Å². The Morgan fingerprint density at radius 3 is 2.67 bits per heavy atom. The molecule has 0 saturated heterocycles. The number of carbonyl (C=O) groups excluding carboxylic acids is 1. The molecule has 0 unspecified atom stereocenters. The monoisotopic (exact) mass is 213 g/mol. The first-order valence-corrected chi connectivity index (χ1v) is 4.27. The van der Waals surface area contributed by atoms with Crippen LogP contribution in [0, 0.1) is 5.82 Å². The van der Waals surface area contributed by atoms with Crippen molar-refractivity contribution >= 4 is 11.7 Å². The Morgan fingerprint density at radius 1 is 1.47 bits per heavy atom. The predicted molar refractivity (Wildman–Crippen MR) is 53.1 cm³/mol. The van der Waals surface area contributed by atoms with Gasteiger partial charge >= 0.3 is 5.97 Å². The first-order valence-electron chi connectivity index (χ1n) is 4.27. The van der Waals surface area contributed by atoms with Crippen molar-refractivity contribution in [3.05, 3.63) is 23.5 Å². The van der Waals surface area contributed by atoms with Gasteiger partial charge in [0.15, 0.2) is 0 Å². The number of rotatable bonds is 3. The zero-order valence-corrected chi connectivity index (χ0v) is 8.54. The highest BCUT2D eigenvalue weighted by molar-refractivity contribution is 5.76. The average molecular weight is 213 g/mol. The number of nitrogens with two attached hydrogens (primary N) is 1. The summed E-state index contributed by atoms with van der Waals surface area (Å²) in [5.74, 6) is -0.761. The van der Waals surface area contributed by atoms with Crippen molar-refractivity contribution < 1.29 is 18.7 Å². The fourth-order valence-corrected chi connectivity index (χ4v) is 1.19. The summed E-state index contributed by atoms with van der Waals surface area (Å²) in [5.41, 5.74) is 6.28. The van der Waals surface area contributed by atoms with Crippen molar-refractivity contribution in [3.8, 4) is 5.75 Å². The van der Waals surface area contributed by atoms with Crippen LogP contribution in [0.2, 0.25) is 0 Å². The van der Waals surface area contributed by atoms with Crippen molar-refractivity contribution in [2.75, 3.05) is 20.0 Å². The molecule has 0 radical (unpaired) electrons. The highest BCUT2D eigenvalue weighted by Crippen LogP contribution is 2.27. The van der Waals surface area contributed by atoms with E-state index < -0.39 is 11.8 Å². The molecule has 82 valence electrons. The van der Waals surface area contributed by atoms with E-state index in [1.54, 1.807) is 0 Å².